The zero-order valence-electron chi connectivity index (χ0n) is 11.4. The second-order valence-electron chi connectivity index (χ2n) is 4.59. The molecule has 0 spiro atoms. The summed E-state index contributed by atoms with van der Waals surface area (Å²) in [6.07, 6.45) is 2.95. The Bertz CT molecular complexity index is 360. The molecule has 18 heavy (non-hydrogen) atoms. The van der Waals surface area contributed by atoms with Crippen LogP contribution in [0, 0.1) is 0 Å². The summed E-state index contributed by atoms with van der Waals surface area (Å²) in [7, 11) is 0. The van der Waals surface area contributed by atoms with Crippen molar-refractivity contribution in [3.63, 3.8) is 0 Å². The molecule has 0 aromatic carbocycles. The van der Waals surface area contributed by atoms with Crippen molar-refractivity contribution in [2.45, 2.75) is 20.3 Å². The van der Waals surface area contributed by atoms with Gasteiger partial charge in [0, 0.05) is 38.9 Å². The van der Waals surface area contributed by atoms with Gasteiger partial charge in [0.2, 0.25) is 5.95 Å². The van der Waals surface area contributed by atoms with Crippen LogP contribution in [-0.2, 0) is 0 Å². The average Bonchev–Trinajstić information content (AvgIpc) is 2.45. The molecule has 0 saturated carbocycles. The quantitative estimate of drug-likeness (QED) is 0.855. The Morgan fingerprint density at radius 2 is 2.00 bits per heavy atom. The lowest BCUT2D eigenvalue weighted by molar-refractivity contribution is 0.270. The molecule has 1 aliphatic heterocycles. The van der Waals surface area contributed by atoms with Gasteiger partial charge in [0.05, 0.1) is 0 Å². The van der Waals surface area contributed by atoms with Crippen molar-refractivity contribution in [2.75, 3.05) is 49.5 Å². The molecular formula is C13H23N5. The number of nitrogens with one attached hydrogen (secondary N) is 1. The number of nitrogens with zero attached hydrogens (tertiary/aromatic N) is 4. The molecule has 0 amide bonds. The van der Waals surface area contributed by atoms with Crippen molar-refractivity contribution in [3.8, 4) is 0 Å². The van der Waals surface area contributed by atoms with Crippen molar-refractivity contribution in [2.24, 2.45) is 0 Å². The number of rotatable bonds is 5. The smallest absolute Gasteiger partial charge is 0.227 e. The van der Waals surface area contributed by atoms with Gasteiger partial charge in [-0.25, -0.2) is 4.98 Å². The van der Waals surface area contributed by atoms with Crippen LogP contribution < -0.4 is 10.2 Å². The van der Waals surface area contributed by atoms with E-state index in [9.17, 15) is 0 Å². The molecule has 1 aliphatic rings. The Hall–Kier alpha value is -1.36. The standard InChI is InChI=1S/C13H23N5/c1-3-6-14-12-5-7-15-13(16-12)18-10-8-17(4-2)9-11-18/h5,7H,3-4,6,8-11H2,1-2H3,(H,14,15,16). The maximum Gasteiger partial charge on any atom is 0.227 e. The van der Waals surface area contributed by atoms with Gasteiger partial charge >= 0.3 is 0 Å². The van der Waals surface area contributed by atoms with E-state index in [0.29, 0.717) is 0 Å². The third kappa shape index (κ3) is 3.32. The molecule has 5 heteroatoms. The minimum atomic E-state index is 0.854. The average molecular weight is 249 g/mol. The molecule has 1 N–H and O–H groups in total. The molecule has 0 radical (unpaired) electrons. The predicted octanol–water partition coefficient (Wildman–Crippen LogP) is 1.44. The van der Waals surface area contributed by atoms with Crippen molar-refractivity contribution in [3.05, 3.63) is 12.3 Å². The Morgan fingerprint density at radius 1 is 1.22 bits per heavy atom. The van der Waals surface area contributed by atoms with E-state index in [2.05, 4.69) is 38.9 Å². The highest BCUT2D eigenvalue weighted by molar-refractivity contribution is 5.41. The maximum atomic E-state index is 4.57. The van der Waals surface area contributed by atoms with Gasteiger partial charge in [-0.15, -0.1) is 0 Å². The van der Waals surface area contributed by atoms with Crippen LogP contribution in [-0.4, -0.2) is 54.1 Å². The topological polar surface area (TPSA) is 44.3 Å². The maximum absolute atomic E-state index is 4.57. The fourth-order valence-electron chi connectivity index (χ4n) is 2.12. The molecule has 2 heterocycles. The van der Waals surface area contributed by atoms with Gasteiger partial charge in [-0.1, -0.05) is 13.8 Å². The van der Waals surface area contributed by atoms with E-state index >= 15 is 0 Å². The van der Waals surface area contributed by atoms with Crippen LogP contribution in [0.1, 0.15) is 20.3 Å². The van der Waals surface area contributed by atoms with Crippen LogP contribution in [0.2, 0.25) is 0 Å². The zero-order chi connectivity index (χ0) is 12.8. The highest BCUT2D eigenvalue weighted by Gasteiger charge is 2.17. The van der Waals surface area contributed by atoms with Crippen LogP contribution in [0.15, 0.2) is 12.3 Å². The first-order valence-corrected chi connectivity index (χ1v) is 6.87. The molecule has 0 aliphatic carbocycles. The van der Waals surface area contributed by atoms with E-state index in [1.165, 1.54) is 0 Å². The van der Waals surface area contributed by atoms with Crippen LogP contribution in [0.5, 0.6) is 0 Å². The number of anilines is 2. The first-order valence-electron chi connectivity index (χ1n) is 6.87. The van der Waals surface area contributed by atoms with Crippen molar-refractivity contribution in [1.82, 2.24) is 14.9 Å². The van der Waals surface area contributed by atoms with Crippen LogP contribution in [0.25, 0.3) is 0 Å². The lowest BCUT2D eigenvalue weighted by Crippen LogP contribution is -2.46. The molecular weight excluding hydrogens is 226 g/mol. The third-order valence-corrected chi connectivity index (χ3v) is 3.30. The number of piperazine rings is 1. The fraction of sp³-hybridized carbons (Fsp3) is 0.692. The number of aromatic nitrogens is 2. The second kappa shape index (κ2) is 6.54. The predicted molar refractivity (Wildman–Crippen MR) is 75.1 cm³/mol. The van der Waals surface area contributed by atoms with Gasteiger partial charge in [-0.2, -0.15) is 4.98 Å². The van der Waals surface area contributed by atoms with Gasteiger partial charge in [-0.05, 0) is 19.0 Å². The highest BCUT2D eigenvalue weighted by atomic mass is 15.3. The summed E-state index contributed by atoms with van der Waals surface area (Å²) in [5.41, 5.74) is 0. The highest BCUT2D eigenvalue weighted by Crippen LogP contribution is 2.13. The molecule has 5 nitrogen and oxygen atoms in total. The van der Waals surface area contributed by atoms with Crippen molar-refractivity contribution >= 4 is 11.8 Å². The third-order valence-electron chi connectivity index (χ3n) is 3.30. The van der Waals surface area contributed by atoms with Gasteiger partial charge in [0.1, 0.15) is 5.82 Å². The van der Waals surface area contributed by atoms with Crippen LogP contribution in [0.3, 0.4) is 0 Å². The lowest BCUT2D eigenvalue weighted by atomic mass is 10.3. The first-order chi connectivity index (χ1) is 8.83. The van der Waals surface area contributed by atoms with Crippen LogP contribution >= 0.6 is 0 Å². The Balaban J connectivity index is 1.96. The summed E-state index contributed by atoms with van der Waals surface area (Å²) in [6, 6.07) is 1.93. The molecule has 1 aromatic rings. The zero-order valence-corrected chi connectivity index (χ0v) is 11.4. The minimum Gasteiger partial charge on any atom is -0.370 e. The number of hydrogen-bond donors (Lipinski definition) is 1. The van der Waals surface area contributed by atoms with E-state index in [1.54, 1.807) is 0 Å². The Labute approximate surface area is 109 Å². The normalized spacial score (nSPS) is 16.9. The van der Waals surface area contributed by atoms with E-state index in [1.807, 2.05) is 12.3 Å². The largest absolute Gasteiger partial charge is 0.370 e. The molecule has 0 atom stereocenters. The van der Waals surface area contributed by atoms with Crippen LogP contribution in [0.4, 0.5) is 11.8 Å². The molecule has 100 valence electrons. The summed E-state index contributed by atoms with van der Waals surface area (Å²) in [5, 5.41) is 3.31. The second-order valence-corrected chi connectivity index (χ2v) is 4.59. The summed E-state index contributed by atoms with van der Waals surface area (Å²) < 4.78 is 0. The first kappa shape index (κ1) is 13.1. The Morgan fingerprint density at radius 3 is 2.67 bits per heavy atom. The van der Waals surface area contributed by atoms with E-state index in [0.717, 1.165) is 57.5 Å². The summed E-state index contributed by atoms with van der Waals surface area (Å²) >= 11 is 0. The number of hydrogen-bond acceptors (Lipinski definition) is 5. The molecule has 1 saturated heterocycles. The molecule has 0 unspecified atom stereocenters. The molecule has 2 rings (SSSR count). The van der Waals surface area contributed by atoms with E-state index in [4.69, 9.17) is 0 Å². The molecule has 0 bridgehead atoms. The summed E-state index contributed by atoms with van der Waals surface area (Å²) in [4.78, 5) is 13.7. The Kier molecular flexibility index (Phi) is 4.75. The monoisotopic (exact) mass is 249 g/mol. The van der Waals surface area contributed by atoms with E-state index < -0.39 is 0 Å². The fourth-order valence-corrected chi connectivity index (χ4v) is 2.12. The minimum absolute atomic E-state index is 0.854. The molecule has 1 aromatic heterocycles. The molecule has 1 fully saturated rings. The van der Waals surface area contributed by atoms with Gasteiger partial charge in [-0.3, -0.25) is 0 Å². The van der Waals surface area contributed by atoms with Gasteiger partial charge in [0.15, 0.2) is 0 Å². The lowest BCUT2D eigenvalue weighted by Gasteiger charge is -2.34. The SMILES string of the molecule is CCCNc1ccnc(N2CCN(CC)CC2)n1. The van der Waals surface area contributed by atoms with Crippen molar-refractivity contribution in [1.29, 1.82) is 0 Å². The number of likely N-dealkylation sites (N-methyl/N-ethyl adjacent to an activating group) is 1. The van der Waals surface area contributed by atoms with Gasteiger partial charge in [0.25, 0.3) is 0 Å². The van der Waals surface area contributed by atoms with E-state index in [-0.39, 0.29) is 0 Å². The van der Waals surface area contributed by atoms with Gasteiger partial charge < -0.3 is 15.1 Å². The van der Waals surface area contributed by atoms with Crippen molar-refractivity contribution < 1.29 is 0 Å². The summed E-state index contributed by atoms with van der Waals surface area (Å²) in [5.74, 6) is 1.78. The summed E-state index contributed by atoms with van der Waals surface area (Å²) in [6.45, 7) is 10.7.